The van der Waals surface area contributed by atoms with E-state index >= 15 is 0 Å². The number of ether oxygens (including phenoxy) is 2. The SMILES string of the molecule is C=CC(=O)N1CCC(Oc2cc3c(-n4ccc5ccc(C)c(Cl)c54)ncnc3cc2OC)CC1. The van der Waals surface area contributed by atoms with Crippen molar-refractivity contribution in [2.24, 2.45) is 0 Å². The van der Waals surface area contributed by atoms with Crippen molar-refractivity contribution in [3.05, 3.63) is 66.1 Å². The molecule has 1 amide bonds. The number of aryl methyl sites for hydroxylation is 1. The monoisotopic (exact) mass is 476 g/mol. The molecular formula is C26H25ClN4O3. The van der Waals surface area contributed by atoms with Crippen LogP contribution in [0, 0.1) is 6.92 Å². The summed E-state index contributed by atoms with van der Waals surface area (Å²) in [5.41, 5.74) is 2.64. The Hall–Kier alpha value is -3.58. The fraction of sp³-hybridized carbons (Fsp3) is 0.269. The van der Waals surface area contributed by atoms with E-state index in [4.69, 9.17) is 21.1 Å². The zero-order valence-electron chi connectivity index (χ0n) is 19.1. The van der Waals surface area contributed by atoms with Crippen molar-refractivity contribution >= 4 is 39.3 Å². The molecule has 34 heavy (non-hydrogen) atoms. The van der Waals surface area contributed by atoms with E-state index in [2.05, 4.69) is 22.6 Å². The normalized spacial score (nSPS) is 14.5. The van der Waals surface area contributed by atoms with Crippen molar-refractivity contribution < 1.29 is 14.3 Å². The lowest BCUT2D eigenvalue weighted by molar-refractivity contribution is -0.127. The number of likely N-dealkylation sites (tertiary alicyclic amines) is 1. The first-order valence-corrected chi connectivity index (χ1v) is 11.5. The number of hydrogen-bond acceptors (Lipinski definition) is 5. The third-order valence-corrected chi connectivity index (χ3v) is 6.81. The van der Waals surface area contributed by atoms with Crippen molar-refractivity contribution in [2.75, 3.05) is 20.2 Å². The van der Waals surface area contributed by atoms with Gasteiger partial charge in [-0.2, -0.15) is 0 Å². The van der Waals surface area contributed by atoms with Crippen LogP contribution in [0.5, 0.6) is 11.5 Å². The number of fused-ring (bicyclic) bond motifs is 2. The van der Waals surface area contributed by atoms with Crippen LogP contribution in [0.25, 0.3) is 27.6 Å². The Labute approximate surface area is 202 Å². The number of hydrogen-bond donors (Lipinski definition) is 0. The Bertz CT molecular complexity index is 1410. The largest absolute Gasteiger partial charge is 0.493 e. The van der Waals surface area contributed by atoms with E-state index in [1.165, 1.54) is 6.08 Å². The fourth-order valence-corrected chi connectivity index (χ4v) is 4.73. The molecule has 0 aliphatic carbocycles. The Morgan fingerprint density at radius 3 is 2.71 bits per heavy atom. The minimum atomic E-state index is -0.0450. The van der Waals surface area contributed by atoms with Gasteiger partial charge in [0.15, 0.2) is 11.5 Å². The first-order chi connectivity index (χ1) is 16.5. The quantitative estimate of drug-likeness (QED) is 0.375. The minimum Gasteiger partial charge on any atom is -0.493 e. The Balaban J connectivity index is 1.54. The highest BCUT2D eigenvalue weighted by atomic mass is 35.5. The zero-order chi connectivity index (χ0) is 23.8. The highest BCUT2D eigenvalue weighted by Gasteiger charge is 2.24. The summed E-state index contributed by atoms with van der Waals surface area (Å²) in [7, 11) is 1.61. The summed E-state index contributed by atoms with van der Waals surface area (Å²) in [5.74, 6) is 1.90. The first-order valence-electron chi connectivity index (χ1n) is 11.2. The molecule has 1 saturated heterocycles. The lowest BCUT2D eigenvalue weighted by Gasteiger charge is -2.31. The van der Waals surface area contributed by atoms with Crippen LogP contribution in [0.15, 0.2) is 55.5 Å². The Morgan fingerprint density at radius 1 is 1.18 bits per heavy atom. The van der Waals surface area contributed by atoms with Crippen molar-refractivity contribution in [1.29, 1.82) is 0 Å². The summed E-state index contributed by atoms with van der Waals surface area (Å²) < 4.78 is 14.0. The number of rotatable bonds is 5. The molecule has 4 aromatic rings. The molecule has 0 spiro atoms. The second kappa shape index (κ2) is 8.99. The van der Waals surface area contributed by atoms with E-state index in [1.54, 1.807) is 18.3 Å². The molecule has 0 radical (unpaired) electrons. The average Bonchev–Trinajstić information content (AvgIpc) is 3.30. The Morgan fingerprint density at radius 2 is 1.97 bits per heavy atom. The van der Waals surface area contributed by atoms with Gasteiger partial charge in [-0.15, -0.1) is 0 Å². The molecule has 7 nitrogen and oxygen atoms in total. The third-order valence-electron chi connectivity index (χ3n) is 6.33. The van der Waals surface area contributed by atoms with Crippen LogP contribution >= 0.6 is 11.6 Å². The number of carbonyl (C=O) groups excluding carboxylic acids is 1. The number of nitrogens with zero attached hydrogens (tertiary/aromatic N) is 4. The molecule has 0 unspecified atom stereocenters. The summed E-state index contributed by atoms with van der Waals surface area (Å²) in [6, 6.07) is 9.88. The highest BCUT2D eigenvalue weighted by Crippen LogP contribution is 2.37. The van der Waals surface area contributed by atoms with E-state index < -0.39 is 0 Å². The van der Waals surface area contributed by atoms with E-state index in [0.29, 0.717) is 35.4 Å². The molecule has 0 saturated carbocycles. The molecule has 0 atom stereocenters. The first kappa shape index (κ1) is 22.2. The van der Waals surface area contributed by atoms with E-state index in [-0.39, 0.29) is 12.0 Å². The van der Waals surface area contributed by atoms with Crippen LogP contribution in [-0.2, 0) is 4.79 Å². The van der Waals surface area contributed by atoms with Crippen LogP contribution in [0.3, 0.4) is 0 Å². The van der Waals surface area contributed by atoms with Gasteiger partial charge in [0.05, 0.1) is 23.2 Å². The lowest BCUT2D eigenvalue weighted by atomic mass is 10.1. The molecule has 1 aliphatic heterocycles. The second-order valence-corrected chi connectivity index (χ2v) is 8.76. The van der Waals surface area contributed by atoms with Gasteiger partial charge in [-0.3, -0.25) is 9.36 Å². The number of benzene rings is 2. The third kappa shape index (κ3) is 3.86. The molecule has 2 aromatic heterocycles. The number of piperidine rings is 1. The van der Waals surface area contributed by atoms with Gasteiger partial charge < -0.3 is 14.4 Å². The molecule has 3 heterocycles. The molecule has 0 N–H and O–H groups in total. The van der Waals surface area contributed by atoms with Gasteiger partial charge in [0, 0.05) is 49.0 Å². The maximum atomic E-state index is 11.9. The zero-order valence-corrected chi connectivity index (χ0v) is 19.9. The maximum Gasteiger partial charge on any atom is 0.245 e. The van der Waals surface area contributed by atoms with Crippen LogP contribution < -0.4 is 9.47 Å². The molecule has 1 fully saturated rings. The highest BCUT2D eigenvalue weighted by molar-refractivity contribution is 6.36. The number of amides is 1. The van der Waals surface area contributed by atoms with Crippen molar-refractivity contribution in [3.8, 4) is 17.3 Å². The van der Waals surface area contributed by atoms with Crippen molar-refractivity contribution in [2.45, 2.75) is 25.9 Å². The summed E-state index contributed by atoms with van der Waals surface area (Å²) in [6.07, 6.45) is 6.30. The number of methoxy groups -OCH3 is 1. The van der Waals surface area contributed by atoms with Crippen LogP contribution in [0.2, 0.25) is 5.02 Å². The molecule has 174 valence electrons. The smallest absolute Gasteiger partial charge is 0.245 e. The van der Waals surface area contributed by atoms with Gasteiger partial charge in [-0.1, -0.05) is 30.3 Å². The number of halogens is 1. The van der Waals surface area contributed by atoms with E-state index in [9.17, 15) is 4.79 Å². The van der Waals surface area contributed by atoms with Crippen LogP contribution in [0.4, 0.5) is 0 Å². The van der Waals surface area contributed by atoms with Crippen LogP contribution in [-0.4, -0.2) is 51.6 Å². The summed E-state index contributed by atoms with van der Waals surface area (Å²) in [6.45, 7) is 6.82. The maximum absolute atomic E-state index is 11.9. The number of carbonyl (C=O) groups is 1. The molecule has 2 aromatic carbocycles. The van der Waals surface area contributed by atoms with E-state index in [1.807, 2.05) is 42.0 Å². The number of aromatic nitrogens is 3. The predicted molar refractivity (Wildman–Crippen MR) is 133 cm³/mol. The summed E-state index contributed by atoms with van der Waals surface area (Å²) in [5, 5.41) is 2.56. The molecular weight excluding hydrogens is 452 g/mol. The summed E-state index contributed by atoms with van der Waals surface area (Å²) >= 11 is 6.68. The van der Waals surface area contributed by atoms with E-state index in [0.717, 1.165) is 40.2 Å². The minimum absolute atomic E-state index is 0.0298. The van der Waals surface area contributed by atoms with Gasteiger partial charge in [0.1, 0.15) is 18.2 Å². The molecule has 8 heteroatoms. The van der Waals surface area contributed by atoms with Crippen molar-refractivity contribution in [1.82, 2.24) is 19.4 Å². The van der Waals surface area contributed by atoms with Gasteiger partial charge >= 0.3 is 0 Å². The lowest BCUT2D eigenvalue weighted by Crippen LogP contribution is -2.41. The van der Waals surface area contributed by atoms with Gasteiger partial charge in [0.25, 0.3) is 0 Å². The van der Waals surface area contributed by atoms with Gasteiger partial charge in [0.2, 0.25) is 5.91 Å². The summed E-state index contributed by atoms with van der Waals surface area (Å²) in [4.78, 5) is 22.7. The molecule has 0 bridgehead atoms. The predicted octanol–water partition coefficient (Wildman–Crippen LogP) is 5.10. The molecule has 5 rings (SSSR count). The standard InChI is InChI=1S/C26H25ClN4O3/c1-4-23(32)30-10-8-18(9-11-30)34-22-13-19-20(14-21(22)33-3)28-15-29-26(19)31-12-7-17-6-5-16(2)24(27)25(17)31/h4-7,12-15,18H,1,8-11H2,2-3H3. The topological polar surface area (TPSA) is 69.5 Å². The molecule has 1 aliphatic rings. The van der Waals surface area contributed by atoms with Crippen LogP contribution in [0.1, 0.15) is 18.4 Å². The average molecular weight is 477 g/mol. The van der Waals surface area contributed by atoms with Gasteiger partial charge in [-0.05, 0) is 30.7 Å². The Kier molecular flexibility index (Phi) is 5.87. The fourth-order valence-electron chi connectivity index (χ4n) is 4.46. The van der Waals surface area contributed by atoms with Crippen molar-refractivity contribution in [3.63, 3.8) is 0 Å². The second-order valence-electron chi connectivity index (χ2n) is 8.38. The van der Waals surface area contributed by atoms with Gasteiger partial charge in [-0.25, -0.2) is 9.97 Å².